The second kappa shape index (κ2) is 14.9. The molecule has 0 aliphatic carbocycles. The van der Waals surface area contributed by atoms with Crippen LogP contribution >= 0.6 is 0 Å². The van der Waals surface area contributed by atoms with Gasteiger partial charge in [0, 0.05) is 42.9 Å². The topological polar surface area (TPSA) is 87.7 Å². The van der Waals surface area contributed by atoms with Crippen molar-refractivity contribution in [3.05, 3.63) is 70.3 Å². The van der Waals surface area contributed by atoms with Gasteiger partial charge in [0.15, 0.2) is 0 Å². The molecule has 2 aromatic carbocycles. The van der Waals surface area contributed by atoms with Gasteiger partial charge in [-0.3, -0.25) is 9.59 Å². The highest BCUT2D eigenvalue weighted by Gasteiger charge is 2.20. The van der Waals surface area contributed by atoms with E-state index in [-0.39, 0.29) is 25.5 Å². The Hall–Kier alpha value is -3.49. The van der Waals surface area contributed by atoms with Gasteiger partial charge in [-0.05, 0) is 81.0 Å². The number of halogens is 2. The number of hydrogen-bond donors (Lipinski definition) is 2. The first-order valence-corrected chi connectivity index (χ1v) is 12.7. The van der Waals surface area contributed by atoms with E-state index in [0.29, 0.717) is 36.2 Å². The maximum atomic E-state index is 13.8. The van der Waals surface area contributed by atoms with E-state index >= 15 is 0 Å². The van der Waals surface area contributed by atoms with Crippen LogP contribution in [0, 0.1) is 18.6 Å². The highest BCUT2D eigenvalue weighted by molar-refractivity contribution is 6.00. The van der Waals surface area contributed by atoms with Crippen molar-refractivity contribution in [2.75, 3.05) is 26.2 Å². The Labute approximate surface area is 217 Å². The first kappa shape index (κ1) is 29.7. The first-order chi connectivity index (χ1) is 17.7. The Morgan fingerprint density at radius 1 is 0.919 bits per heavy atom. The fourth-order valence-corrected chi connectivity index (χ4v) is 4.11. The van der Waals surface area contributed by atoms with Crippen LogP contribution in [0.2, 0.25) is 0 Å². The summed E-state index contributed by atoms with van der Waals surface area (Å²) < 4.78 is 32.4. The molecule has 0 aromatic heterocycles. The molecule has 0 saturated heterocycles. The number of nitrogens with one attached hydrogen (secondary N) is 2. The summed E-state index contributed by atoms with van der Waals surface area (Å²) in [7, 11) is 0. The summed E-state index contributed by atoms with van der Waals surface area (Å²) >= 11 is 0. The van der Waals surface area contributed by atoms with Crippen LogP contribution in [0.15, 0.2) is 36.4 Å². The minimum Gasteiger partial charge on any atom is -0.450 e. The second-order valence-corrected chi connectivity index (χ2v) is 8.97. The lowest BCUT2D eigenvalue weighted by Gasteiger charge is -2.22. The number of hydrogen-bond acceptors (Lipinski definition) is 4. The molecule has 0 bridgehead atoms. The summed E-state index contributed by atoms with van der Waals surface area (Å²) in [6, 6.07) is 7.66. The largest absolute Gasteiger partial charge is 0.450 e. The van der Waals surface area contributed by atoms with Crippen LogP contribution in [0.1, 0.15) is 71.9 Å². The predicted octanol–water partition coefficient (Wildman–Crippen LogP) is 5.01. The van der Waals surface area contributed by atoms with E-state index in [0.717, 1.165) is 24.5 Å². The number of alkyl carbamates (subject to hydrolysis) is 1. The summed E-state index contributed by atoms with van der Waals surface area (Å²) in [5.41, 5.74) is 1.87. The highest BCUT2D eigenvalue weighted by Crippen LogP contribution is 2.16. The lowest BCUT2D eigenvalue weighted by molar-refractivity contribution is 0.0755. The molecule has 2 aromatic rings. The monoisotopic (exact) mass is 517 g/mol. The fraction of sp³-hybridized carbons (Fsp3) is 0.464. The van der Waals surface area contributed by atoms with Crippen molar-refractivity contribution in [1.29, 1.82) is 0 Å². The summed E-state index contributed by atoms with van der Waals surface area (Å²) in [6.07, 6.45) is 1.50. The molecule has 7 nitrogen and oxygen atoms in total. The van der Waals surface area contributed by atoms with E-state index < -0.39 is 29.7 Å². The van der Waals surface area contributed by atoms with E-state index in [1.807, 2.05) is 20.8 Å². The van der Waals surface area contributed by atoms with Crippen molar-refractivity contribution in [3.63, 3.8) is 0 Å². The van der Waals surface area contributed by atoms with Crippen molar-refractivity contribution in [3.8, 4) is 0 Å². The van der Waals surface area contributed by atoms with Crippen molar-refractivity contribution in [1.82, 2.24) is 15.5 Å². The minimum absolute atomic E-state index is 0.133. The molecule has 3 amide bonds. The minimum atomic E-state index is -0.713. The van der Waals surface area contributed by atoms with Gasteiger partial charge in [0.2, 0.25) is 0 Å². The molecular formula is C28H37F2N3O4. The Balaban J connectivity index is 2.24. The van der Waals surface area contributed by atoms with Crippen LogP contribution in [0.25, 0.3) is 0 Å². The Bertz CT molecular complexity index is 1050. The molecule has 0 spiro atoms. The van der Waals surface area contributed by atoms with Crippen molar-refractivity contribution in [2.24, 2.45) is 0 Å². The molecular weight excluding hydrogens is 480 g/mol. The Morgan fingerprint density at radius 2 is 1.54 bits per heavy atom. The third kappa shape index (κ3) is 9.82. The van der Waals surface area contributed by atoms with Gasteiger partial charge < -0.3 is 20.3 Å². The van der Waals surface area contributed by atoms with Gasteiger partial charge in [-0.15, -0.1) is 0 Å². The molecule has 0 aliphatic heterocycles. The maximum absolute atomic E-state index is 13.8. The zero-order valence-corrected chi connectivity index (χ0v) is 22.0. The van der Waals surface area contributed by atoms with Gasteiger partial charge in [0.1, 0.15) is 11.6 Å². The summed E-state index contributed by atoms with van der Waals surface area (Å²) in [5.74, 6) is -1.98. The molecule has 202 valence electrons. The molecule has 2 N–H and O–H groups in total. The van der Waals surface area contributed by atoms with Gasteiger partial charge in [-0.1, -0.05) is 13.8 Å². The second-order valence-electron chi connectivity index (χ2n) is 8.97. The number of amides is 3. The number of carbonyl (C=O) groups excluding carboxylic acids is 3. The van der Waals surface area contributed by atoms with E-state index in [1.54, 1.807) is 30.0 Å². The van der Waals surface area contributed by atoms with Crippen LogP contribution in [0.4, 0.5) is 13.6 Å². The third-order valence-electron chi connectivity index (χ3n) is 5.64. The van der Waals surface area contributed by atoms with E-state index in [2.05, 4.69) is 10.6 Å². The molecule has 0 saturated carbocycles. The Morgan fingerprint density at radius 3 is 2.14 bits per heavy atom. The van der Waals surface area contributed by atoms with Crippen molar-refractivity contribution in [2.45, 2.75) is 59.4 Å². The van der Waals surface area contributed by atoms with E-state index in [4.69, 9.17) is 4.74 Å². The number of nitrogens with zero attached hydrogens (tertiary/aromatic N) is 1. The van der Waals surface area contributed by atoms with Crippen LogP contribution in [0.5, 0.6) is 0 Å². The highest BCUT2D eigenvalue weighted by atomic mass is 19.1. The quantitative estimate of drug-likeness (QED) is 0.391. The maximum Gasteiger partial charge on any atom is 0.407 e. The van der Waals surface area contributed by atoms with Crippen LogP contribution < -0.4 is 10.6 Å². The summed E-state index contributed by atoms with van der Waals surface area (Å²) in [5, 5.41) is 5.49. The molecule has 0 radical (unpaired) electrons. The number of rotatable bonds is 13. The summed E-state index contributed by atoms with van der Waals surface area (Å²) in [4.78, 5) is 39.8. The Kier molecular flexibility index (Phi) is 12.0. The normalized spacial score (nSPS) is 11.5. The SMILES string of the molecule is CCCN(CCC)C(=O)c1cc(C)cc(C(=O)NC(CCNC(=O)OCC)Cc2cc(F)cc(F)c2)c1. The standard InChI is InChI=1S/C28H37F2N3O4/c1-5-10-33(11-6-2)27(35)22-13-19(4)12-21(17-22)26(34)32-25(8-9-31-28(36)37-7-3)16-20-14-23(29)18-24(30)15-20/h12-15,17-18,25H,5-11,16H2,1-4H3,(H,31,36)(H,32,34). The fourth-order valence-electron chi connectivity index (χ4n) is 4.11. The van der Waals surface area contributed by atoms with Crippen molar-refractivity contribution < 1.29 is 27.9 Å². The third-order valence-corrected chi connectivity index (χ3v) is 5.64. The lowest BCUT2D eigenvalue weighted by atomic mass is 10.0. The zero-order valence-electron chi connectivity index (χ0n) is 22.0. The summed E-state index contributed by atoms with van der Waals surface area (Å²) in [6.45, 7) is 9.17. The number of benzene rings is 2. The average Bonchev–Trinajstić information content (AvgIpc) is 2.82. The van der Waals surface area contributed by atoms with Gasteiger partial charge >= 0.3 is 6.09 Å². The molecule has 1 atom stereocenters. The van der Waals surface area contributed by atoms with E-state index in [1.165, 1.54) is 12.1 Å². The smallest absolute Gasteiger partial charge is 0.407 e. The van der Waals surface area contributed by atoms with Gasteiger partial charge in [0.05, 0.1) is 6.61 Å². The van der Waals surface area contributed by atoms with Crippen LogP contribution in [-0.4, -0.2) is 55.1 Å². The van der Waals surface area contributed by atoms with Gasteiger partial charge in [-0.2, -0.15) is 0 Å². The van der Waals surface area contributed by atoms with Crippen molar-refractivity contribution >= 4 is 17.9 Å². The molecule has 2 rings (SSSR count). The first-order valence-electron chi connectivity index (χ1n) is 12.7. The molecule has 1 unspecified atom stereocenters. The van der Waals surface area contributed by atoms with Crippen LogP contribution in [0.3, 0.4) is 0 Å². The molecule has 37 heavy (non-hydrogen) atoms. The van der Waals surface area contributed by atoms with E-state index in [9.17, 15) is 23.2 Å². The molecule has 0 heterocycles. The molecule has 9 heteroatoms. The van der Waals surface area contributed by atoms with Gasteiger partial charge in [-0.25, -0.2) is 13.6 Å². The number of aryl methyl sites for hydroxylation is 1. The lowest BCUT2D eigenvalue weighted by Crippen LogP contribution is -2.39. The van der Waals surface area contributed by atoms with Crippen LogP contribution in [-0.2, 0) is 11.2 Å². The average molecular weight is 518 g/mol. The number of ether oxygens (including phenoxy) is 1. The zero-order chi connectivity index (χ0) is 27.4. The molecule has 0 fully saturated rings. The number of carbonyl (C=O) groups is 3. The predicted molar refractivity (Wildman–Crippen MR) is 139 cm³/mol. The van der Waals surface area contributed by atoms with Gasteiger partial charge in [0.25, 0.3) is 11.8 Å². The molecule has 0 aliphatic rings.